The van der Waals surface area contributed by atoms with Gasteiger partial charge in [0.25, 0.3) is 0 Å². The lowest BCUT2D eigenvalue weighted by atomic mass is 9.56. The second kappa shape index (κ2) is 3.18. The average Bonchev–Trinajstić information content (AvgIpc) is 2.69. The lowest BCUT2D eigenvalue weighted by molar-refractivity contribution is -0.151. The lowest BCUT2D eigenvalue weighted by Gasteiger charge is -2.49. The van der Waals surface area contributed by atoms with E-state index in [9.17, 15) is 4.79 Å². The van der Waals surface area contributed by atoms with Crippen LogP contribution in [0.3, 0.4) is 0 Å². The summed E-state index contributed by atoms with van der Waals surface area (Å²) in [4.78, 5) is 11.2. The standard InChI is InChI=1S/C13H18O2S/c1-6(14)15-12-9-4-7-2-3-8-5-16-13(12)11(8)10(7)9/h7-13H,2-5H2,1H3/t7-,8+,9+,10+,11-,12-,13+/m1/s1. The number of rotatable bonds is 1. The van der Waals surface area contributed by atoms with Gasteiger partial charge in [-0.1, -0.05) is 0 Å². The van der Waals surface area contributed by atoms with Crippen molar-refractivity contribution < 1.29 is 9.53 Å². The molecule has 0 spiro atoms. The highest BCUT2D eigenvalue weighted by molar-refractivity contribution is 8.00. The Morgan fingerprint density at radius 3 is 2.88 bits per heavy atom. The first-order valence-electron chi connectivity index (χ1n) is 6.54. The second-order valence-corrected chi connectivity index (χ2v) is 7.23. The van der Waals surface area contributed by atoms with Gasteiger partial charge in [0.15, 0.2) is 0 Å². The van der Waals surface area contributed by atoms with Gasteiger partial charge in [-0.3, -0.25) is 4.79 Å². The summed E-state index contributed by atoms with van der Waals surface area (Å²) in [5.41, 5.74) is 0. The van der Waals surface area contributed by atoms with E-state index in [0.29, 0.717) is 5.25 Å². The van der Waals surface area contributed by atoms with E-state index >= 15 is 0 Å². The van der Waals surface area contributed by atoms with Crippen molar-refractivity contribution in [2.45, 2.75) is 37.5 Å². The minimum atomic E-state index is -0.0730. The highest BCUT2D eigenvalue weighted by Crippen LogP contribution is 2.67. The zero-order chi connectivity index (χ0) is 10.9. The second-order valence-electron chi connectivity index (χ2n) is 6.02. The zero-order valence-corrected chi connectivity index (χ0v) is 10.4. The zero-order valence-electron chi connectivity index (χ0n) is 9.59. The molecule has 16 heavy (non-hydrogen) atoms. The highest BCUT2D eigenvalue weighted by atomic mass is 32.2. The summed E-state index contributed by atoms with van der Waals surface area (Å²) in [5.74, 6) is 5.71. The third-order valence-corrected chi connectivity index (χ3v) is 7.03. The van der Waals surface area contributed by atoms with E-state index in [1.165, 1.54) is 25.0 Å². The molecule has 0 bridgehead atoms. The largest absolute Gasteiger partial charge is 0.461 e. The normalized spacial score (nSPS) is 56.7. The van der Waals surface area contributed by atoms with Crippen LogP contribution in [0.15, 0.2) is 0 Å². The van der Waals surface area contributed by atoms with Crippen molar-refractivity contribution in [3.63, 3.8) is 0 Å². The van der Waals surface area contributed by atoms with Crippen molar-refractivity contribution in [3.05, 3.63) is 0 Å². The third-order valence-electron chi connectivity index (χ3n) is 5.44. The van der Waals surface area contributed by atoms with Crippen LogP contribution in [0.2, 0.25) is 0 Å². The monoisotopic (exact) mass is 238 g/mol. The van der Waals surface area contributed by atoms with Gasteiger partial charge in [0.05, 0.1) is 0 Å². The highest BCUT2D eigenvalue weighted by Gasteiger charge is 2.65. The third kappa shape index (κ3) is 1.08. The Morgan fingerprint density at radius 2 is 2.06 bits per heavy atom. The number of esters is 1. The number of carbonyl (C=O) groups is 1. The molecule has 88 valence electrons. The van der Waals surface area contributed by atoms with Crippen LogP contribution in [0.1, 0.15) is 26.2 Å². The van der Waals surface area contributed by atoms with Gasteiger partial charge in [-0.15, -0.1) is 0 Å². The van der Waals surface area contributed by atoms with Gasteiger partial charge in [-0.25, -0.2) is 0 Å². The molecule has 1 saturated heterocycles. The summed E-state index contributed by atoms with van der Waals surface area (Å²) in [6.45, 7) is 1.56. The Bertz CT molecular complexity index is 343. The van der Waals surface area contributed by atoms with Crippen LogP contribution < -0.4 is 0 Å². The Hall–Kier alpha value is -0.180. The number of ether oxygens (including phenoxy) is 1. The molecule has 3 aliphatic carbocycles. The maximum atomic E-state index is 11.2. The number of thioether (sulfide) groups is 1. The molecule has 0 N–H and O–H groups in total. The molecule has 4 aliphatic rings. The molecule has 3 heteroatoms. The van der Waals surface area contributed by atoms with Crippen molar-refractivity contribution in [3.8, 4) is 0 Å². The molecule has 1 aliphatic heterocycles. The summed E-state index contributed by atoms with van der Waals surface area (Å²) in [7, 11) is 0. The van der Waals surface area contributed by atoms with E-state index in [4.69, 9.17) is 4.74 Å². The van der Waals surface area contributed by atoms with Gasteiger partial charge in [0.1, 0.15) is 6.10 Å². The molecule has 0 aromatic heterocycles. The van der Waals surface area contributed by atoms with Crippen molar-refractivity contribution in [2.75, 3.05) is 5.75 Å². The Kier molecular flexibility index (Phi) is 1.95. The van der Waals surface area contributed by atoms with Gasteiger partial charge in [-0.05, 0) is 48.7 Å². The minimum Gasteiger partial charge on any atom is -0.461 e. The van der Waals surface area contributed by atoms with Crippen molar-refractivity contribution in [1.29, 1.82) is 0 Å². The molecule has 0 amide bonds. The first-order valence-corrected chi connectivity index (χ1v) is 7.59. The Balaban J connectivity index is 1.65. The van der Waals surface area contributed by atoms with Crippen molar-refractivity contribution >= 4 is 17.7 Å². The van der Waals surface area contributed by atoms with Crippen LogP contribution in [0.4, 0.5) is 0 Å². The lowest BCUT2D eigenvalue weighted by Crippen LogP contribution is -2.45. The number of hydrogen-bond acceptors (Lipinski definition) is 3. The summed E-state index contributed by atoms with van der Waals surface area (Å²) in [6.07, 6.45) is 4.48. The molecular formula is C13H18O2S. The fraction of sp³-hybridized carbons (Fsp3) is 0.923. The van der Waals surface area contributed by atoms with Crippen LogP contribution in [-0.2, 0) is 9.53 Å². The molecule has 4 fully saturated rings. The van der Waals surface area contributed by atoms with Gasteiger partial charge in [0.2, 0.25) is 0 Å². The Labute approximate surface area is 100 Å². The molecule has 7 atom stereocenters. The summed E-state index contributed by atoms with van der Waals surface area (Å²) in [5, 5.41) is 0.647. The molecule has 3 saturated carbocycles. The quantitative estimate of drug-likeness (QED) is 0.656. The molecule has 4 rings (SSSR count). The molecule has 0 aromatic rings. The molecule has 1 heterocycles. The van der Waals surface area contributed by atoms with Crippen LogP contribution in [0, 0.1) is 29.6 Å². The minimum absolute atomic E-state index is 0.0730. The maximum absolute atomic E-state index is 11.2. The van der Waals surface area contributed by atoms with Crippen LogP contribution in [0.5, 0.6) is 0 Å². The van der Waals surface area contributed by atoms with Crippen LogP contribution in [0.25, 0.3) is 0 Å². The smallest absolute Gasteiger partial charge is 0.302 e. The van der Waals surface area contributed by atoms with Gasteiger partial charge < -0.3 is 4.74 Å². The van der Waals surface area contributed by atoms with Gasteiger partial charge in [0, 0.05) is 18.1 Å². The summed E-state index contributed by atoms with van der Waals surface area (Å²) in [6, 6.07) is 0. The topological polar surface area (TPSA) is 26.3 Å². The van der Waals surface area contributed by atoms with E-state index < -0.39 is 0 Å². The fourth-order valence-corrected chi connectivity index (χ4v) is 6.88. The van der Waals surface area contributed by atoms with Crippen LogP contribution in [-0.4, -0.2) is 23.1 Å². The first kappa shape index (κ1) is 9.81. The van der Waals surface area contributed by atoms with E-state index in [1.54, 1.807) is 6.92 Å². The number of carbonyl (C=O) groups excluding carboxylic acids is 1. The molecule has 0 unspecified atom stereocenters. The summed E-state index contributed by atoms with van der Waals surface area (Å²) < 4.78 is 5.62. The molecule has 0 radical (unpaired) electrons. The average molecular weight is 238 g/mol. The van der Waals surface area contributed by atoms with Crippen molar-refractivity contribution in [1.82, 2.24) is 0 Å². The molecule has 0 aromatic carbocycles. The van der Waals surface area contributed by atoms with E-state index in [2.05, 4.69) is 11.8 Å². The van der Waals surface area contributed by atoms with Gasteiger partial charge in [-0.2, -0.15) is 11.8 Å². The fourth-order valence-electron chi connectivity index (χ4n) is 4.95. The summed E-state index contributed by atoms with van der Waals surface area (Å²) >= 11 is 2.09. The maximum Gasteiger partial charge on any atom is 0.302 e. The van der Waals surface area contributed by atoms with Gasteiger partial charge >= 0.3 is 5.97 Å². The first-order chi connectivity index (χ1) is 7.75. The molecule has 2 nitrogen and oxygen atoms in total. The predicted molar refractivity (Wildman–Crippen MR) is 63.1 cm³/mol. The van der Waals surface area contributed by atoms with Crippen molar-refractivity contribution in [2.24, 2.45) is 29.6 Å². The predicted octanol–water partition coefficient (Wildman–Crippen LogP) is 2.33. The van der Waals surface area contributed by atoms with E-state index in [0.717, 1.165) is 29.6 Å². The molecular weight excluding hydrogens is 220 g/mol. The van der Waals surface area contributed by atoms with Crippen LogP contribution >= 0.6 is 11.8 Å². The van der Waals surface area contributed by atoms with E-state index in [-0.39, 0.29) is 12.1 Å². The van der Waals surface area contributed by atoms with E-state index in [1.807, 2.05) is 0 Å². The Morgan fingerprint density at radius 1 is 1.25 bits per heavy atom. The number of hydrogen-bond donors (Lipinski definition) is 0. The SMILES string of the molecule is CC(=O)O[C@@H]1[C@H]2C[C@H]3CC[C@H]4CS[C@H]1[C@H]4[C@@H]32.